The van der Waals surface area contributed by atoms with Crippen LogP contribution in [0.15, 0.2) is 30.5 Å². The van der Waals surface area contributed by atoms with E-state index in [1.165, 1.54) is 13.2 Å². The maximum Gasteiger partial charge on any atom is 0.335 e. The summed E-state index contributed by atoms with van der Waals surface area (Å²) in [6, 6.07) is 8.82. The molecule has 4 aromatic rings. The Morgan fingerprint density at radius 1 is 1.44 bits per heavy atom. The molecule has 3 aromatic heterocycles. The zero-order valence-electron chi connectivity index (χ0n) is 20.4. The van der Waals surface area contributed by atoms with Crippen molar-refractivity contribution >= 4 is 28.0 Å². The van der Waals surface area contributed by atoms with Crippen molar-refractivity contribution in [2.45, 2.75) is 50.5 Å². The normalized spacial score (nSPS) is 20.2. The molecule has 0 radical (unpaired) electrons. The number of hydrogen-bond donors (Lipinski definition) is 2. The zero-order chi connectivity index (χ0) is 25.8. The summed E-state index contributed by atoms with van der Waals surface area (Å²) in [5.41, 5.74) is 2.21. The minimum atomic E-state index is -1.34. The van der Waals surface area contributed by atoms with Gasteiger partial charge in [0.2, 0.25) is 0 Å². The first kappa shape index (κ1) is 23.8. The number of ether oxygens (including phenoxy) is 2. The lowest BCUT2D eigenvalue weighted by molar-refractivity contribution is -0.157. The highest BCUT2D eigenvalue weighted by atomic mass is 19.1. The van der Waals surface area contributed by atoms with E-state index in [9.17, 15) is 19.6 Å². The highest BCUT2D eigenvalue weighted by Crippen LogP contribution is 2.47. The Kier molecular flexibility index (Phi) is 5.48. The van der Waals surface area contributed by atoms with Gasteiger partial charge in [0.15, 0.2) is 22.8 Å². The second kappa shape index (κ2) is 8.31. The Bertz CT molecular complexity index is 1550. The number of pyridine rings is 1. The van der Waals surface area contributed by atoms with Gasteiger partial charge in [0, 0.05) is 46.2 Å². The van der Waals surface area contributed by atoms with Gasteiger partial charge in [-0.15, -0.1) is 0 Å². The van der Waals surface area contributed by atoms with Crippen LogP contribution in [0.25, 0.3) is 27.8 Å². The van der Waals surface area contributed by atoms with Crippen molar-refractivity contribution in [2.24, 2.45) is 0 Å². The number of halogens is 1. The molecule has 5 rings (SSSR count). The number of nitriles is 1. The first-order valence-corrected chi connectivity index (χ1v) is 11.6. The molecule has 36 heavy (non-hydrogen) atoms. The average molecular weight is 492 g/mol. The number of fused-ring (bicyclic) bond motifs is 2. The minimum Gasteiger partial charge on any atom is -0.494 e. The van der Waals surface area contributed by atoms with E-state index in [-0.39, 0.29) is 31.1 Å². The van der Waals surface area contributed by atoms with Gasteiger partial charge in [-0.05, 0) is 31.5 Å². The monoisotopic (exact) mass is 491 g/mol. The van der Waals surface area contributed by atoms with Crippen LogP contribution in [0.2, 0.25) is 0 Å². The van der Waals surface area contributed by atoms with Crippen LogP contribution in [0.1, 0.15) is 50.8 Å². The summed E-state index contributed by atoms with van der Waals surface area (Å²) < 4.78 is 27.4. The molecule has 0 saturated carbocycles. The number of H-pyrrole nitrogens is 1. The van der Waals surface area contributed by atoms with Crippen LogP contribution in [-0.4, -0.2) is 50.1 Å². The summed E-state index contributed by atoms with van der Waals surface area (Å²) in [4.78, 5) is 16.9. The zero-order valence-corrected chi connectivity index (χ0v) is 20.4. The molecule has 1 aliphatic rings. The number of carboxylic acid groups (broad SMARTS) is 1. The summed E-state index contributed by atoms with van der Waals surface area (Å²) in [6.07, 6.45) is 2.11. The predicted molar refractivity (Wildman–Crippen MR) is 130 cm³/mol. The smallest absolute Gasteiger partial charge is 0.335 e. The number of aromatic nitrogens is 4. The summed E-state index contributed by atoms with van der Waals surface area (Å²) in [7, 11) is 1.40. The molecule has 0 amide bonds. The first-order chi connectivity index (χ1) is 17.1. The van der Waals surface area contributed by atoms with E-state index < -0.39 is 22.8 Å². The van der Waals surface area contributed by atoms with Crippen molar-refractivity contribution < 1.29 is 23.8 Å². The highest BCUT2D eigenvalue weighted by Gasteiger charge is 2.46. The number of carboxylic acids is 1. The van der Waals surface area contributed by atoms with E-state index in [2.05, 4.69) is 16.3 Å². The van der Waals surface area contributed by atoms with Crippen molar-refractivity contribution in [3.05, 3.63) is 47.5 Å². The van der Waals surface area contributed by atoms with Gasteiger partial charge in [0.1, 0.15) is 0 Å². The third-order valence-corrected chi connectivity index (χ3v) is 7.04. The molecule has 9 nitrogen and oxygen atoms in total. The number of nitrogens with zero attached hydrogens (tertiary/aromatic N) is 4. The average Bonchev–Trinajstić information content (AvgIpc) is 3.53. The Morgan fingerprint density at radius 2 is 2.22 bits per heavy atom. The van der Waals surface area contributed by atoms with Crippen LogP contribution < -0.4 is 4.74 Å². The molecule has 10 heteroatoms. The van der Waals surface area contributed by atoms with E-state index in [0.29, 0.717) is 16.9 Å². The lowest BCUT2D eigenvalue weighted by atomic mass is 9.79. The second-order valence-corrected chi connectivity index (χ2v) is 10.0. The van der Waals surface area contributed by atoms with Crippen molar-refractivity contribution in [3.63, 3.8) is 0 Å². The second-order valence-electron chi connectivity index (χ2n) is 10.0. The Labute approximate surface area is 206 Å². The number of rotatable bonds is 6. The molecular weight excluding hydrogens is 465 g/mol. The van der Waals surface area contributed by atoms with Crippen LogP contribution in [0.5, 0.6) is 5.75 Å². The van der Waals surface area contributed by atoms with Crippen LogP contribution >= 0.6 is 0 Å². The lowest BCUT2D eigenvalue weighted by Crippen LogP contribution is -2.34. The van der Waals surface area contributed by atoms with E-state index in [1.54, 1.807) is 25.3 Å². The maximum atomic E-state index is 14.4. The maximum absolute atomic E-state index is 14.4. The van der Waals surface area contributed by atoms with Gasteiger partial charge < -0.3 is 19.1 Å². The quantitative estimate of drug-likeness (QED) is 0.404. The number of benzene rings is 1. The number of aliphatic carboxylic acids is 1. The van der Waals surface area contributed by atoms with E-state index in [0.717, 1.165) is 22.2 Å². The number of methoxy groups -OCH3 is 1. The van der Waals surface area contributed by atoms with Crippen molar-refractivity contribution in [2.75, 3.05) is 13.7 Å². The van der Waals surface area contributed by atoms with Crippen molar-refractivity contribution in [1.82, 2.24) is 19.7 Å². The molecule has 4 heterocycles. The third-order valence-electron chi connectivity index (χ3n) is 7.04. The number of hydrogen-bond acceptors (Lipinski definition) is 6. The highest BCUT2D eigenvalue weighted by molar-refractivity contribution is 5.94. The Hall–Kier alpha value is -3.97. The molecule has 1 unspecified atom stereocenters. The molecular formula is C26H26FN5O4. The van der Waals surface area contributed by atoms with Crippen LogP contribution in [0.3, 0.4) is 0 Å². The summed E-state index contributed by atoms with van der Waals surface area (Å²) in [5.74, 6) is -1.73. The van der Waals surface area contributed by atoms with Crippen molar-refractivity contribution in [1.29, 1.82) is 5.26 Å². The predicted octanol–water partition coefficient (Wildman–Crippen LogP) is 4.59. The standard InChI is InChI=1S/C26H26FN5O4/c1-25(2,7-8-28)22-20(15-11-26(3,24(33)34)36-13-15)21-18(9-14-12-29-31-23(14)30-21)32(22)16-5-6-17(27)19(10-16)35-4/h5-6,9-10,12,15H,7,11,13H2,1-4H3,(H,33,34)(H,29,30,31)/t15?,26-/m0/s1. The Morgan fingerprint density at radius 3 is 2.89 bits per heavy atom. The van der Waals surface area contributed by atoms with Crippen molar-refractivity contribution in [3.8, 4) is 17.5 Å². The third kappa shape index (κ3) is 3.58. The largest absolute Gasteiger partial charge is 0.494 e. The lowest BCUT2D eigenvalue weighted by Gasteiger charge is -2.28. The van der Waals surface area contributed by atoms with Crippen LogP contribution in [-0.2, 0) is 14.9 Å². The molecule has 1 aromatic carbocycles. The fourth-order valence-corrected chi connectivity index (χ4v) is 5.19. The molecule has 0 aliphatic carbocycles. The van der Waals surface area contributed by atoms with Gasteiger partial charge in [0.05, 0.1) is 37.0 Å². The number of carbonyl (C=O) groups is 1. The SMILES string of the molecule is COc1cc(-n2c(C(C)(C)CC#N)c(C3CO[C@](C)(C(=O)O)C3)c3nc4[nH]ncc4cc32)ccc1F. The topological polar surface area (TPSA) is 126 Å². The molecule has 1 saturated heterocycles. The summed E-state index contributed by atoms with van der Waals surface area (Å²) >= 11 is 0. The molecule has 2 atom stereocenters. The van der Waals surface area contributed by atoms with Crippen LogP contribution in [0, 0.1) is 17.1 Å². The van der Waals surface area contributed by atoms with Crippen LogP contribution in [0.4, 0.5) is 4.39 Å². The summed E-state index contributed by atoms with van der Waals surface area (Å²) in [6.45, 7) is 5.68. The van der Waals surface area contributed by atoms with E-state index >= 15 is 0 Å². The van der Waals surface area contributed by atoms with E-state index in [4.69, 9.17) is 14.5 Å². The fourth-order valence-electron chi connectivity index (χ4n) is 5.19. The van der Waals surface area contributed by atoms with E-state index in [1.807, 2.05) is 24.5 Å². The van der Waals surface area contributed by atoms with Gasteiger partial charge in [-0.25, -0.2) is 14.2 Å². The van der Waals surface area contributed by atoms with Gasteiger partial charge in [-0.2, -0.15) is 10.4 Å². The molecule has 0 spiro atoms. The molecule has 186 valence electrons. The first-order valence-electron chi connectivity index (χ1n) is 11.6. The minimum absolute atomic E-state index is 0.0833. The summed E-state index contributed by atoms with van der Waals surface area (Å²) in [5, 5.41) is 27.3. The molecule has 1 aliphatic heterocycles. The number of aromatic amines is 1. The molecule has 1 fully saturated rings. The molecule has 0 bridgehead atoms. The number of nitrogens with one attached hydrogen (secondary N) is 1. The fraction of sp³-hybridized carbons (Fsp3) is 0.385. The van der Waals surface area contributed by atoms with Gasteiger partial charge in [-0.1, -0.05) is 13.8 Å². The van der Waals surface area contributed by atoms with Gasteiger partial charge in [0.25, 0.3) is 0 Å². The Balaban J connectivity index is 1.89. The van der Waals surface area contributed by atoms with Gasteiger partial charge >= 0.3 is 5.97 Å². The van der Waals surface area contributed by atoms with Gasteiger partial charge in [-0.3, -0.25) is 5.10 Å². The molecule has 2 N–H and O–H groups in total.